The van der Waals surface area contributed by atoms with E-state index >= 15 is 0 Å². The number of hydrogen-bond acceptors (Lipinski definition) is 3. The van der Waals surface area contributed by atoms with Crippen LogP contribution in [0.5, 0.6) is 0 Å². The third kappa shape index (κ3) is 5.42. The molecule has 1 aliphatic heterocycles. The van der Waals surface area contributed by atoms with E-state index < -0.39 is 0 Å². The number of ether oxygens (including phenoxy) is 2. The number of rotatable bonds is 8. The second-order valence-corrected chi connectivity index (χ2v) is 6.17. The van der Waals surface area contributed by atoms with Crippen molar-refractivity contribution in [3.8, 4) is 0 Å². The second kappa shape index (κ2) is 8.96. The predicted octanol–water partition coefficient (Wildman–Crippen LogP) is 4.23. The van der Waals surface area contributed by atoms with Gasteiger partial charge < -0.3 is 14.8 Å². The first-order valence-corrected chi connectivity index (χ1v) is 8.30. The van der Waals surface area contributed by atoms with E-state index in [2.05, 4.69) is 12.2 Å². The maximum absolute atomic E-state index is 6.21. The summed E-state index contributed by atoms with van der Waals surface area (Å²) in [6, 6.07) is 5.90. The number of halogens is 2. The highest BCUT2D eigenvalue weighted by atomic mass is 35.5. The van der Waals surface area contributed by atoms with Crippen LogP contribution >= 0.6 is 23.2 Å². The third-order valence-corrected chi connectivity index (χ3v) is 4.53. The normalized spacial score (nSPS) is 19.9. The number of benzene rings is 1. The predicted molar refractivity (Wildman–Crippen MR) is 87.3 cm³/mol. The highest BCUT2D eigenvalue weighted by molar-refractivity contribution is 6.42. The lowest BCUT2D eigenvalue weighted by Gasteiger charge is -2.16. The Morgan fingerprint density at radius 3 is 3.05 bits per heavy atom. The van der Waals surface area contributed by atoms with E-state index in [0.29, 0.717) is 16.1 Å². The zero-order valence-electron chi connectivity index (χ0n) is 12.4. The van der Waals surface area contributed by atoms with Crippen LogP contribution in [0.15, 0.2) is 18.2 Å². The molecule has 0 aliphatic carbocycles. The summed E-state index contributed by atoms with van der Waals surface area (Å²) in [4.78, 5) is 0. The molecule has 1 N–H and O–H groups in total. The first-order chi connectivity index (χ1) is 10.2. The Balaban J connectivity index is 1.60. The largest absolute Gasteiger partial charge is 0.379 e. The Morgan fingerprint density at radius 1 is 1.43 bits per heavy atom. The average molecular weight is 332 g/mol. The maximum atomic E-state index is 6.21. The van der Waals surface area contributed by atoms with Crippen LogP contribution in [0.25, 0.3) is 0 Å². The van der Waals surface area contributed by atoms with E-state index in [1.54, 1.807) is 6.07 Å². The first kappa shape index (κ1) is 17.0. The molecule has 0 bridgehead atoms. The van der Waals surface area contributed by atoms with Gasteiger partial charge in [0.25, 0.3) is 0 Å². The Labute approximate surface area is 136 Å². The fourth-order valence-electron chi connectivity index (χ4n) is 2.45. The summed E-state index contributed by atoms with van der Waals surface area (Å²) in [5.74, 6) is 0. The van der Waals surface area contributed by atoms with Crippen molar-refractivity contribution in [2.75, 3.05) is 26.4 Å². The second-order valence-electron chi connectivity index (χ2n) is 5.38. The molecular weight excluding hydrogens is 309 g/mol. The van der Waals surface area contributed by atoms with Crippen molar-refractivity contribution < 1.29 is 9.47 Å². The molecule has 3 nitrogen and oxygen atoms in total. The summed E-state index contributed by atoms with van der Waals surface area (Å²) < 4.78 is 11.1. The minimum Gasteiger partial charge on any atom is -0.379 e. The van der Waals surface area contributed by atoms with Crippen LogP contribution in [0, 0.1) is 0 Å². The van der Waals surface area contributed by atoms with Gasteiger partial charge in [-0.3, -0.25) is 0 Å². The number of hydrogen-bond donors (Lipinski definition) is 1. The lowest BCUT2D eigenvalue weighted by atomic mass is 10.1. The van der Waals surface area contributed by atoms with Gasteiger partial charge in [0.15, 0.2) is 0 Å². The van der Waals surface area contributed by atoms with Gasteiger partial charge in [0, 0.05) is 19.3 Å². The zero-order valence-corrected chi connectivity index (χ0v) is 13.9. The Morgan fingerprint density at radius 2 is 2.29 bits per heavy atom. The van der Waals surface area contributed by atoms with Crippen molar-refractivity contribution in [3.05, 3.63) is 33.8 Å². The molecule has 0 spiro atoms. The van der Waals surface area contributed by atoms with Crippen LogP contribution in [-0.4, -0.2) is 32.5 Å². The molecule has 21 heavy (non-hydrogen) atoms. The molecule has 0 saturated carbocycles. The van der Waals surface area contributed by atoms with Gasteiger partial charge in [-0.25, -0.2) is 0 Å². The Kier molecular flexibility index (Phi) is 7.27. The molecule has 1 saturated heterocycles. The van der Waals surface area contributed by atoms with Crippen molar-refractivity contribution in [2.45, 2.75) is 38.3 Å². The highest BCUT2D eigenvalue weighted by Crippen LogP contribution is 2.29. The quantitative estimate of drug-likeness (QED) is 0.723. The van der Waals surface area contributed by atoms with Crippen LogP contribution < -0.4 is 5.32 Å². The minimum atomic E-state index is 0.175. The smallest absolute Gasteiger partial charge is 0.0809 e. The van der Waals surface area contributed by atoms with Crippen LogP contribution in [0.4, 0.5) is 0 Å². The molecule has 1 fully saturated rings. The molecule has 1 heterocycles. The molecule has 0 amide bonds. The Bertz CT molecular complexity index is 436. The van der Waals surface area contributed by atoms with E-state index in [-0.39, 0.29) is 6.04 Å². The molecule has 2 atom stereocenters. The molecule has 1 aromatic carbocycles. The molecule has 2 rings (SSSR count). The van der Waals surface area contributed by atoms with Crippen LogP contribution in [0.1, 0.15) is 37.8 Å². The molecular formula is C16H23Cl2NO2. The van der Waals surface area contributed by atoms with Gasteiger partial charge in [0.05, 0.1) is 22.8 Å². The van der Waals surface area contributed by atoms with Gasteiger partial charge in [0.1, 0.15) is 0 Å². The average Bonchev–Trinajstić information content (AvgIpc) is 2.98. The van der Waals surface area contributed by atoms with Crippen molar-refractivity contribution in [1.29, 1.82) is 0 Å². The first-order valence-electron chi connectivity index (χ1n) is 7.55. The van der Waals surface area contributed by atoms with Gasteiger partial charge in [-0.1, -0.05) is 35.3 Å². The van der Waals surface area contributed by atoms with Crippen LogP contribution in [0.2, 0.25) is 10.0 Å². The molecule has 5 heteroatoms. The standard InChI is InChI=1S/C16H23Cl2NO2/c1-12(14-6-2-7-15(17)16(14)18)19-8-4-9-20-11-13-5-3-10-21-13/h2,6-7,12-13,19H,3-5,8-11H2,1H3. The Hall–Kier alpha value is -0.320. The monoisotopic (exact) mass is 331 g/mol. The lowest BCUT2D eigenvalue weighted by Crippen LogP contribution is -2.22. The van der Waals surface area contributed by atoms with E-state index in [1.807, 2.05) is 12.1 Å². The topological polar surface area (TPSA) is 30.5 Å². The summed E-state index contributed by atoms with van der Waals surface area (Å²) in [5, 5.41) is 4.67. The van der Waals surface area contributed by atoms with Crippen molar-refractivity contribution >= 4 is 23.2 Å². The summed E-state index contributed by atoms with van der Waals surface area (Å²) in [5.41, 5.74) is 1.03. The third-order valence-electron chi connectivity index (χ3n) is 3.69. The van der Waals surface area contributed by atoms with Gasteiger partial charge in [-0.2, -0.15) is 0 Å². The maximum Gasteiger partial charge on any atom is 0.0809 e. The summed E-state index contributed by atoms with van der Waals surface area (Å²) in [6.07, 6.45) is 3.56. The summed E-state index contributed by atoms with van der Waals surface area (Å²) in [7, 11) is 0. The van der Waals surface area contributed by atoms with Crippen molar-refractivity contribution in [3.63, 3.8) is 0 Å². The summed E-state index contributed by atoms with van der Waals surface area (Å²) in [6.45, 7) is 5.33. The molecule has 0 radical (unpaired) electrons. The SMILES string of the molecule is CC(NCCCOCC1CCCO1)c1cccc(Cl)c1Cl. The fourth-order valence-corrected chi connectivity index (χ4v) is 2.92. The van der Waals surface area contributed by atoms with Gasteiger partial charge in [-0.05, 0) is 44.4 Å². The van der Waals surface area contributed by atoms with Gasteiger partial charge >= 0.3 is 0 Å². The van der Waals surface area contributed by atoms with E-state index in [9.17, 15) is 0 Å². The molecule has 1 aromatic rings. The van der Waals surface area contributed by atoms with E-state index in [0.717, 1.165) is 51.2 Å². The molecule has 0 aromatic heterocycles. The summed E-state index contributed by atoms with van der Waals surface area (Å²) >= 11 is 12.2. The van der Waals surface area contributed by atoms with E-state index in [4.69, 9.17) is 32.7 Å². The minimum absolute atomic E-state index is 0.175. The number of nitrogens with one attached hydrogen (secondary N) is 1. The molecule has 2 unspecified atom stereocenters. The fraction of sp³-hybridized carbons (Fsp3) is 0.625. The van der Waals surface area contributed by atoms with Crippen LogP contribution in [0.3, 0.4) is 0 Å². The molecule has 1 aliphatic rings. The zero-order chi connectivity index (χ0) is 15.1. The van der Waals surface area contributed by atoms with Crippen molar-refractivity contribution in [2.24, 2.45) is 0 Å². The van der Waals surface area contributed by atoms with Crippen LogP contribution in [-0.2, 0) is 9.47 Å². The van der Waals surface area contributed by atoms with Crippen molar-refractivity contribution in [1.82, 2.24) is 5.32 Å². The highest BCUT2D eigenvalue weighted by Gasteiger charge is 2.15. The van der Waals surface area contributed by atoms with E-state index in [1.165, 1.54) is 0 Å². The lowest BCUT2D eigenvalue weighted by molar-refractivity contribution is 0.0165. The van der Waals surface area contributed by atoms with Gasteiger partial charge in [0.2, 0.25) is 0 Å². The molecule has 118 valence electrons. The van der Waals surface area contributed by atoms with Gasteiger partial charge in [-0.15, -0.1) is 0 Å².